The first-order valence-electron chi connectivity index (χ1n) is 5.86. The largest absolute Gasteiger partial charge is 0.464 e. The van der Waals surface area contributed by atoms with Crippen LogP contribution in [-0.2, 0) is 4.74 Å². The molecule has 1 aromatic carbocycles. The number of esters is 1. The molecule has 2 rings (SSSR count). The van der Waals surface area contributed by atoms with E-state index >= 15 is 0 Å². The van der Waals surface area contributed by atoms with Gasteiger partial charge in [0.15, 0.2) is 5.69 Å². The zero-order valence-electron chi connectivity index (χ0n) is 11.3. The SMILES string of the molecule is COC(=O)c1nn(-c2cc(C)ccc2C)c(C)c1Br. The molecule has 0 unspecified atom stereocenters. The molecule has 0 N–H and O–H groups in total. The van der Waals surface area contributed by atoms with Crippen LogP contribution >= 0.6 is 15.9 Å². The molecule has 0 spiro atoms. The molecule has 0 aliphatic rings. The van der Waals surface area contributed by atoms with Crippen molar-refractivity contribution in [2.45, 2.75) is 20.8 Å². The molecule has 0 atom stereocenters. The predicted molar refractivity (Wildman–Crippen MR) is 76.8 cm³/mol. The van der Waals surface area contributed by atoms with Crippen molar-refractivity contribution >= 4 is 21.9 Å². The van der Waals surface area contributed by atoms with E-state index in [9.17, 15) is 4.79 Å². The Morgan fingerprint density at radius 3 is 2.63 bits per heavy atom. The molecule has 0 amide bonds. The molecule has 0 aliphatic heterocycles. The monoisotopic (exact) mass is 322 g/mol. The van der Waals surface area contributed by atoms with Crippen LogP contribution in [0, 0.1) is 20.8 Å². The minimum absolute atomic E-state index is 0.293. The van der Waals surface area contributed by atoms with Gasteiger partial charge in [-0.25, -0.2) is 9.48 Å². The quantitative estimate of drug-likeness (QED) is 0.796. The Morgan fingerprint density at radius 1 is 1.32 bits per heavy atom. The van der Waals surface area contributed by atoms with Gasteiger partial charge in [-0.2, -0.15) is 5.10 Å². The summed E-state index contributed by atoms with van der Waals surface area (Å²) < 4.78 is 7.16. The fourth-order valence-corrected chi connectivity index (χ4v) is 2.30. The van der Waals surface area contributed by atoms with Gasteiger partial charge in [0.05, 0.1) is 23.0 Å². The van der Waals surface area contributed by atoms with Crippen LogP contribution < -0.4 is 0 Å². The lowest BCUT2D eigenvalue weighted by Gasteiger charge is -2.09. The maximum absolute atomic E-state index is 11.7. The first kappa shape index (κ1) is 13.8. The van der Waals surface area contributed by atoms with Gasteiger partial charge in [-0.05, 0) is 53.9 Å². The summed E-state index contributed by atoms with van der Waals surface area (Å²) in [6, 6.07) is 6.13. The summed E-state index contributed by atoms with van der Waals surface area (Å²) in [7, 11) is 1.35. The molecule has 4 nitrogen and oxygen atoms in total. The Bertz CT molecular complexity index is 647. The van der Waals surface area contributed by atoms with E-state index in [1.807, 2.05) is 39.0 Å². The molecule has 0 radical (unpaired) electrons. The van der Waals surface area contributed by atoms with E-state index < -0.39 is 5.97 Å². The number of hydrogen-bond acceptors (Lipinski definition) is 3. The van der Waals surface area contributed by atoms with Crippen molar-refractivity contribution in [2.24, 2.45) is 0 Å². The van der Waals surface area contributed by atoms with Gasteiger partial charge in [0, 0.05) is 0 Å². The van der Waals surface area contributed by atoms with Crippen LogP contribution in [0.3, 0.4) is 0 Å². The zero-order valence-corrected chi connectivity index (χ0v) is 12.9. The van der Waals surface area contributed by atoms with Crippen molar-refractivity contribution in [3.8, 4) is 5.69 Å². The van der Waals surface area contributed by atoms with E-state index in [2.05, 4.69) is 21.0 Å². The maximum atomic E-state index is 11.7. The van der Waals surface area contributed by atoms with Crippen LogP contribution in [0.1, 0.15) is 27.3 Å². The standard InChI is InChI=1S/C14H15BrN2O2/c1-8-5-6-9(2)11(7-8)17-10(3)12(15)13(16-17)14(18)19-4/h5-7H,1-4H3. The summed E-state index contributed by atoms with van der Waals surface area (Å²) in [5, 5.41) is 4.35. The number of hydrogen-bond donors (Lipinski definition) is 0. The third-order valence-corrected chi connectivity index (χ3v) is 3.96. The molecule has 0 saturated heterocycles. The molecule has 100 valence electrons. The number of aryl methyl sites for hydroxylation is 2. The fourth-order valence-electron chi connectivity index (χ4n) is 1.89. The third kappa shape index (κ3) is 2.42. The second-order valence-corrected chi connectivity index (χ2v) is 5.23. The molecule has 5 heteroatoms. The van der Waals surface area contributed by atoms with Crippen LogP contribution in [0.2, 0.25) is 0 Å². The van der Waals surface area contributed by atoms with Gasteiger partial charge in [0.25, 0.3) is 0 Å². The molecule has 0 aliphatic carbocycles. The summed E-state index contributed by atoms with van der Waals surface area (Å²) in [6.45, 7) is 5.95. The van der Waals surface area contributed by atoms with Gasteiger partial charge in [0.2, 0.25) is 0 Å². The molecule has 0 bridgehead atoms. The van der Waals surface area contributed by atoms with Gasteiger partial charge < -0.3 is 4.74 Å². The second-order valence-electron chi connectivity index (χ2n) is 4.44. The zero-order chi connectivity index (χ0) is 14.2. The highest BCUT2D eigenvalue weighted by Gasteiger charge is 2.20. The van der Waals surface area contributed by atoms with Crippen molar-refractivity contribution < 1.29 is 9.53 Å². The van der Waals surface area contributed by atoms with Gasteiger partial charge in [-0.15, -0.1) is 0 Å². The van der Waals surface area contributed by atoms with E-state index in [0.29, 0.717) is 10.2 Å². The minimum atomic E-state index is -0.445. The molecule has 1 aromatic heterocycles. The summed E-state index contributed by atoms with van der Waals surface area (Å²) >= 11 is 3.40. The number of nitrogens with zero attached hydrogens (tertiary/aromatic N) is 2. The maximum Gasteiger partial charge on any atom is 0.359 e. The number of benzene rings is 1. The highest BCUT2D eigenvalue weighted by molar-refractivity contribution is 9.10. The fraction of sp³-hybridized carbons (Fsp3) is 0.286. The van der Waals surface area contributed by atoms with Crippen molar-refractivity contribution in [1.82, 2.24) is 9.78 Å². The summed E-state index contributed by atoms with van der Waals surface area (Å²) in [4.78, 5) is 11.7. The molecular formula is C14H15BrN2O2. The van der Waals surface area contributed by atoms with E-state index in [0.717, 1.165) is 22.5 Å². The number of carbonyl (C=O) groups is 1. The molecular weight excluding hydrogens is 308 g/mol. The first-order chi connectivity index (χ1) is 8.95. The Kier molecular flexibility index (Phi) is 3.75. The summed E-state index contributed by atoms with van der Waals surface area (Å²) in [5.74, 6) is -0.445. The molecule has 2 aromatic rings. The van der Waals surface area contributed by atoms with Crippen LogP contribution in [0.15, 0.2) is 22.7 Å². The van der Waals surface area contributed by atoms with Gasteiger partial charge in [0.1, 0.15) is 0 Å². The minimum Gasteiger partial charge on any atom is -0.464 e. The highest BCUT2D eigenvalue weighted by Crippen LogP contribution is 2.26. The number of ether oxygens (including phenoxy) is 1. The number of halogens is 1. The Morgan fingerprint density at radius 2 is 2.00 bits per heavy atom. The highest BCUT2D eigenvalue weighted by atomic mass is 79.9. The number of methoxy groups -OCH3 is 1. The average Bonchev–Trinajstić information content (AvgIpc) is 2.69. The van der Waals surface area contributed by atoms with Crippen molar-refractivity contribution in [3.05, 3.63) is 45.2 Å². The summed E-state index contributed by atoms with van der Waals surface area (Å²) in [5.41, 5.74) is 4.37. The molecule has 1 heterocycles. The van der Waals surface area contributed by atoms with Crippen LogP contribution in [0.4, 0.5) is 0 Å². The number of carbonyl (C=O) groups excluding carboxylic acids is 1. The molecule has 19 heavy (non-hydrogen) atoms. The first-order valence-corrected chi connectivity index (χ1v) is 6.66. The second kappa shape index (κ2) is 5.17. The lowest BCUT2D eigenvalue weighted by atomic mass is 10.1. The van der Waals surface area contributed by atoms with Crippen molar-refractivity contribution in [2.75, 3.05) is 7.11 Å². The third-order valence-electron chi connectivity index (χ3n) is 3.01. The van der Waals surface area contributed by atoms with Crippen molar-refractivity contribution in [3.63, 3.8) is 0 Å². The Hall–Kier alpha value is -1.62. The van der Waals surface area contributed by atoms with Crippen LogP contribution in [0.5, 0.6) is 0 Å². The smallest absolute Gasteiger partial charge is 0.359 e. The van der Waals surface area contributed by atoms with Gasteiger partial charge in [-0.3, -0.25) is 0 Å². The Labute approximate surface area is 120 Å². The van der Waals surface area contributed by atoms with E-state index in [1.54, 1.807) is 4.68 Å². The van der Waals surface area contributed by atoms with Gasteiger partial charge >= 0.3 is 5.97 Å². The average molecular weight is 323 g/mol. The lowest BCUT2D eigenvalue weighted by molar-refractivity contribution is 0.0592. The number of aromatic nitrogens is 2. The van der Waals surface area contributed by atoms with Crippen LogP contribution in [0.25, 0.3) is 5.69 Å². The molecule has 0 fully saturated rings. The van der Waals surface area contributed by atoms with Crippen molar-refractivity contribution in [1.29, 1.82) is 0 Å². The van der Waals surface area contributed by atoms with Gasteiger partial charge in [-0.1, -0.05) is 12.1 Å². The van der Waals surface area contributed by atoms with E-state index in [4.69, 9.17) is 4.74 Å². The Balaban J connectivity index is 2.63. The van der Waals surface area contributed by atoms with E-state index in [-0.39, 0.29) is 0 Å². The topological polar surface area (TPSA) is 44.1 Å². The number of rotatable bonds is 2. The van der Waals surface area contributed by atoms with E-state index in [1.165, 1.54) is 7.11 Å². The summed E-state index contributed by atoms with van der Waals surface area (Å²) in [6.07, 6.45) is 0. The lowest BCUT2D eigenvalue weighted by Crippen LogP contribution is -2.06. The normalized spacial score (nSPS) is 10.6. The van der Waals surface area contributed by atoms with Crippen LogP contribution in [-0.4, -0.2) is 22.9 Å². The predicted octanol–water partition coefficient (Wildman–Crippen LogP) is 3.35. The molecule has 0 saturated carbocycles.